The quantitative estimate of drug-likeness (QED) is 0.219. The molecule has 2 aliphatic heterocycles. The molecule has 0 radical (unpaired) electrons. The molecular weight excluding hydrogens is 669 g/mol. The maximum absolute atomic E-state index is 13.9. The predicted molar refractivity (Wildman–Crippen MR) is 176 cm³/mol. The van der Waals surface area contributed by atoms with Crippen LogP contribution >= 0.6 is 23.2 Å². The molecular formula is C30H31Cl2N9O5S. The van der Waals surface area contributed by atoms with Crippen LogP contribution in [0, 0.1) is 11.8 Å². The molecule has 6 rings (SSSR count). The Bertz CT molecular complexity index is 1910. The monoisotopic (exact) mass is 699 g/mol. The van der Waals surface area contributed by atoms with Crippen molar-refractivity contribution in [2.45, 2.75) is 25.3 Å². The number of anilines is 1. The molecule has 0 spiro atoms. The van der Waals surface area contributed by atoms with Crippen LogP contribution in [0.4, 0.5) is 10.5 Å². The van der Waals surface area contributed by atoms with Gasteiger partial charge in [-0.3, -0.25) is 10.1 Å². The van der Waals surface area contributed by atoms with Crippen molar-refractivity contribution in [3.05, 3.63) is 76.4 Å². The van der Waals surface area contributed by atoms with E-state index in [1.54, 1.807) is 53.4 Å². The average molecular weight is 701 g/mol. The van der Waals surface area contributed by atoms with Gasteiger partial charge in [0.15, 0.2) is 0 Å². The molecule has 2 atom stereocenters. The van der Waals surface area contributed by atoms with E-state index in [9.17, 15) is 18.0 Å². The molecule has 2 saturated heterocycles. The Balaban J connectivity index is 1.28. The Morgan fingerprint density at radius 2 is 1.83 bits per heavy atom. The molecule has 246 valence electrons. The number of likely N-dealkylation sites (tertiary alicyclic amines) is 1. The Morgan fingerprint density at radius 1 is 1.09 bits per heavy atom. The zero-order chi connectivity index (χ0) is 33.3. The van der Waals surface area contributed by atoms with Crippen LogP contribution in [-0.2, 0) is 14.8 Å². The number of sulfonamides is 1. The number of halogens is 2. The van der Waals surface area contributed by atoms with Crippen LogP contribution in [0.25, 0.3) is 23.0 Å². The van der Waals surface area contributed by atoms with Crippen LogP contribution in [-0.4, -0.2) is 90.8 Å². The zero-order valence-electron chi connectivity index (χ0n) is 25.1. The summed E-state index contributed by atoms with van der Waals surface area (Å²) in [5.41, 5.74) is 2.83. The number of tetrazole rings is 1. The van der Waals surface area contributed by atoms with E-state index in [-0.39, 0.29) is 22.9 Å². The van der Waals surface area contributed by atoms with E-state index in [2.05, 4.69) is 25.8 Å². The van der Waals surface area contributed by atoms with Gasteiger partial charge in [0.1, 0.15) is 23.0 Å². The average Bonchev–Trinajstić information content (AvgIpc) is 3.80. The van der Waals surface area contributed by atoms with Gasteiger partial charge >= 0.3 is 6.09 Å². The van der Waals surface area contributed by atoms with Crippen molar-refractivity contribution in [2.24, 2.45) is 11.8 Å². The maximum atomic E-state index is 13.9. The highest BCUT2D eigenvalue weighted by Gasteiger charge is 2.42. The van der Waals surface area contributed by atoms with Crippen molar-refractivity contribution in [2.75, 3.05) is 31.2 Å². The summed E-state index contributed by atoms with van der Waals surface area (Å²) in [6.45, 7) is 1.34. The number of piperidine rings is 1. The normalized spacial score (nSPS) is 19.4. The van der Waals surface area contributed by atoms with Crippen molar-refractivity contribution in [3.63, 3.8) is 0 Å². The Hall–Kier alpha value is -4.31. The molecule has 4 aromatic rings. The van der Waals surface area contributed by atoms with Gasteiger partial charge in [-0.05, 0) is 77.9 Å². The fraction of sp³-hybridized carbons (Fsp3) is 0.333. The van der Waals surface area contributed by atoms with E-state index in [0.29, 0.717) is 77.9 Å². The Labute approximate surface area is 280 Å². The lowest BCUT2D eigenvalue weighted by Gasteiger charge is -2.33. The molecule has 17 heteroatoms. The number of imidazole rings is 1. The number of H-pyrrole nitrogens is 1. The van der Waals surface area contributed by atoms with Gasteiger partial charge in [-0.25, -0.2) is 22.5 Å². The third kappa shape index (κ3) is 7.32. The minimum atomic E-state index is -3.27. The number of aromatic nitrogens is 6. The van der Waals surface area contributed by atoms with Gasteiger partial charge < -0.3 is 15.0 Å². The topological polar surface area (TPSA) is 179 Å². The summed E-state index contributed by atoms with van der Waals surface area (Å²) in [4.78, 5) is 34.7. The number of carbonyl (C=O) groups is 2. The summed E-state index contributed by atoms with van der Waals surface area (Å²) in [5, 5.41) is 23.4. The van der Waals surface area contributed by atoms with Gasteiger partial charge in [-0.1, -0.05) is 35.3 Å². The van der Waals surface area contributed by atoms with Gasteiger partial charge in [0.25, 0.3) is 0 Å². The predicted octanol–water partition coefficient (Wildman–Crippen LogP) is 4.72. The van der Waals surface area contributed by atoms with Crippen LogP contribution in [0.15, 0.2) is 54.9 Å². The van der Waals surface area contributed by atoms with Gasteiger partial charge in [0.2, 0.25) is 15.9 Å². The van der Waals surface area contributed by atoms with Gasteiger partial charge in [0, 0.05) is 47.5 Å². The highest BCUT2D eigenvalue weighted by atomic mass is 35.5. The van der Waals surface area contributed by atoms with E-state index >= 15 is 0 Å². The lowest BCUT2D eigenvalue weighted by molar-refractivity contribution is -0.127. The van der Waals surface area contributed by atoms with Crippen molar-refractivity contribution in [1.82, 2.24) is 39.4 Å². The second kappa shape index (κ2) is 13.4. The Kier molecular flexibility index (Phi) is 9.32. The molecule has 0 saturated carbocycles. The first kappa shape index (κ1) is 32.6. The lowest BCUT2D eigenvalue weighted by atomic mass is 9.83. The summed E-state index contributed by atoms with van der Waals surface area (Å²) in [5.74, 6) is 0.603. The van der Waals surface area contributed by atoms with Gasteiger partial charge in [0.05, 0.1) is 18.0 Å². The van der Waals surface area contributed by atoms with E-state index in [0.717, 1.165) is 0 Å². The molecule has 2 amide bonds. The highest BCUT2D eigenvalue weighted by molar-refractivity contribution is 7.88. The number of amides is 2. The number of nitrogens with zero attached hydrogens (tertiary/aromatic N) is 7. The van der Waals surface area contributed by atoms with E-state index in [1.807, 2.05) is 0 Å². The first-order valence-electron chi connectivity index (χ1n) is 14.8. The number of hydrogen-bond donors (Lipinski definition) is 3. The van der Waals surface area contributed by atoms with E-state index < -0.39 is 22.2 Å². The van der Waals surface area contributed by atoms with Crippen molar-refractivity contribution < 1.29 is 23.1 Å². The lowest BCUT2D eigenvalue weighted by Crippen LogP contribution is -2.40. The number of carboxylic acid groups (broad SMARTS) is 1. The molecule has 3 N–H and O–H groups in total. The SMILES string of the molecule is CS(=O)(=O)N1CCC(C2CC(c3nc(-c4ccc(NC(=O)O)cc4)c(Cl)[nH]3)N(C(=O)/C=C/c3cc(Cl)ccc3-n3cnnn3)C2)CC1. The fourth-order valence-electron chi connectivity index (χ4n) is 6.34. The first-order valence-corrected chi connectivity index (χ1v) is 17.4. The molecule has 2 aromatic heterocycles. The minimum Gasteiger partial charge on any atom is -0.465 e. The number of rotatable bonds is 8. The number of aromatic amines is 1. The number of benzene rings is 2. The minimum absolute atomic E-state index is 0.107. The molecule has 14 nitrogen and oxygen atoms in total. The van der Waals surface area contributed by atoms with E-state index in [1.165, 1.54) is 27.6 Å². The Morgan fingerprint density at radius 3 is 2.49 bits per heavy atom. The fourth-order valence-corrected chi connectivity index (χ4v) is 7.64. The third-order valence-corrected chi connectivity index (χ3v) is 10.5. The van der Waals surface area contributed by atoms with Crippen molar-refractivity contribution in [1.29, 1.82) is 0 Å². The van der Waals surface area contributed by atoms with Gasteiger partial charge in [-0.2, -0.15) is 4.68 Å². The molecule has 0 bridgehead atoms. The molecule has 47 heavy (non-hydrogen) atoms. The second-order valence-corrected chi connectivity index (χ2v) is 14.4. The number of hydrogen-bond acceptors (Lipinski definition) is 8. The number of carbonyl (C=O) groups excluding carboxylic acids is 1. The standard InChI is InChI=1S/C30H31Cl2N9O5S/c1-47(45,46)39-12-10-18(11-13-39)21-15-25(29-35-27(28(32)36-29)19-2-6-23(7-3-19)34-30(43)44)40(16-21)26(42)9-4-20-14-22(31)5-8-24(20)41-17-33-37-38-41/h2-9,14,17-18,21,25,34H,10-13,15-16H2,1H3,(H,35,36)(H,43,44)/b9-4+. The van der Waals surface area contributed by atoms with Crippen LogP contribution in [0.3, 0.4) is 0 Å². The van der Waals surface area contributed by atoms with Crippen LogP contribution in [0.1, 0.15) is 36.7 Å². The summed E-state index contributed by atoms with van der Waals surface area (Å²) in [6.07, 6.45) is 6.67. The molecule has 2 aliphatic rings. The first-order chi connectivity index (χ1) is 22.5. The third-order valence-electron chi connectivity index (χ3n) is 8.64. The molecule has 2 aromatic carbocycles. The maximum Gasteiger partial charge on any atom is 0.409 e. The molecule has 4 heterocycles. The zero-order valence-corrected chi connectivity index (χ0v) is 27.5. The smallest absolute Gasteiger partial charge is 0.409 e. The second-order valence-electron chi connectivity index (χ2n) is 11.6. The van der Waals surface area contributed by atoms with Gasteiger partial charge in [-0.15, -0.1) is 5.10 Å². The van der Waals surface area contributed by atoms with Crippen molar-refractivity contribution >= 4 is 57.0 Å². The summed E-state index contributed by atoms with van der Waals surface area (Å²) < 4.78 is 27.2. The highest BCUT2D eigenvalue weighted by Crippen LogP contribution is 2.42. The van der Waals surface area contributed by atoms with Crippen LogP contribution in [0.5, 0.6) is 0 Å². The molecule has 2 unspecified atom stereocenters. The van der Waals surface area contributed by atoms with E-state index in [4.69, 9.17) is 33.3 Å². The largest absolute Gasteiger partial charge is 0.465 e. The summed E-state index contributed by atoms with van der Waals surface area (Å²) in [7, 11) is -3.27. The molecule has 2 fully saturated rings. The van der Waals surface area contributed by atoms with Crippen LogP contribution < -0.4 is 5.32 Å². The summed E-state index contributed by atoms with van der Waals surface area (Å²) >= 11 is 12.9. The van der Waals surface area contributed by atoms with Crippen molar-refractivity contribution in [3.8, 4) is 16.9 Å². The summed E-state index contributed by atoms with van der Waals surface area (Å²) in [6, 6.07) is 11.4. The van der Waals surface area contributed by atoms with Crippen LogP contribution in [0.2, 0.25) is 10.2 Å². The molecule has 0 aliphatic carbocycles. The number of nitrogens with one attached hydrogen (secondary N) is 2.